The van der Waals surface area contributed by atoms with Crippen molar-refractivity contribution < 1.29 is 4.42 Å². The Morgan fingerprint density at radius 2 is 1.12 bits per heavy atom. The van der Waals surface area contributed by atoms with E-state index in [2.05, 4.69) is 146 Å². The van der Waals surface area contributed by atoms with Crippen molar-refractivity contribution in [3.05, 3.63) is 193 Å². The van der Waals surface area contributed by atoms with Crippen LogP contribution in [0.15, 0.2) is 180 Å². The van der Waals surface area contributed by atoms with Crippen LogP contribution in [0, 0.1) is 11.8 Å². The van der Waals surface area contributed by atoms with Gasteiger partial charge in [-0.2, -0.15) is 0 Å². The maximum absolute atomic E-state index is 6.07. The molecule has 0 bridgehead atoms. The van der Waals surface area contributed by atoms with Gasteiger partial charge in [0.1, 0.15) is 11.2 Å². The number of para-hydroxylation sites is 1. The summed E-state index contributed by atoms with van der Waals surface area (Å²) >= 11 is 0. The largest absolute Gasteiger partial charge is 0.456 e. The quantitative estimate of drug-likeness (QED) is 0.184. The van der Waals surface area contributed by atoms with E-state index in [1.54, 1.807) is 0 Å². The van der Waals surface area contributed by atoms with Crippen LogP contribution in [0.4, 0.5) is 0 Å². The van der Waals surface area contributed by atoms with Gasteiger partial charge in [-0.25, -0.2) is 15.0 Å². The first-order chi connectivity index (χ1) is 25.7. The van der Waals surface area contributed by atoms with Crippen LogP contribution in [0.3, 0.4) is 0 Å². The van der Waals surface area contributed by atoms with Crippen LogP contribution in [0.2, 0.25) is 0 Å². The molecule has 4 nitrogen and oxygen atoms in total. The lowest BCUT2D eigenvalue weighted by atomic mass is 9.78. The Labute approximate surface area is 301 Å². The van der Waals surface area contributed by atoms with Crippen molar-refractivity contribution in [3.8, 4) is 45.3 Å². The smallest absolute Gasteiger partial charge is 0.164 e. The zero-order valence-electron chi connectivity index (χ0n) is 28.1. The Morgan fingerprint density at radius 3 is 1.98 bits per heavy atom. The van der Waals surface area contributed by atoms with E-state index in [4.69, 9.17) is 19.4 Å². The van der Waals surface area contributed by atoms with E-state index < -0.39 is 0 Å². The normalized spacial score (nSPS) is 19.6. The van der Waals surface area contributed by atoms with E-state index >= 15 is 0 Å². The molecule has 8 aromatic rings. The molecule has 6 aromatic carbocycles. The molecule has 0 saturated heterocycles. The number of aromatic nitrogens is 3. The second-order valence-electron chi connectivity index (χ2n) is 14.0. The lowest BCUT2D eigenvalue weighted by Gasteiger charge is -2.25. The standard InChI is InChI=1S/C48H31N3O/c1-2-11-31(12-3-1)45-49-46(32-22-20-30(21-23-32)33-24-25-44-39(28-33)37-16-5-7-19-43(37)52-44)51-47(50-45)35-14-10-13-34(27-35)38-29-42-41-18-8-9-26-48(41,42)40-17-6-4-15-36(38)40/h1-29,41-42H/t41?,42-,48?/m1/s1. The predicted molar refractivity (Wildman–Crippen MR) is 209 cm³/mol. The predicted octanol–water partition coefficient (Wildman–Crippen LogP) is 11.5. The second-order valence-corrected chi connectivity index (χ2v) is 14.0. The monoisotopic (exact) mass is 665 g/mol. The first-order valence-corrected chi connectivity index (χ1v) is 17.9. The van der Waals surface area contributed by atoms with Crippen molar-refractivity contribution in [2.75, 3.05) is 0 Å². The van der Waals surface area contributed by atoms with Crippen molar-refractivity contribution in [1.29, 1.82) is 0 Å². The van der Waals surface area contributed by atoms with Gasteiger partial charge in [-0.15, -0.1) is 0 Å². The molecule has 11 rings (SSSR count). The minimum Gasteiger partial charge on any atom is -0.456 e. The van der Waals surface area contributed by atoms with Crippen LogP contribution in [0.5, 0.6) is 0 Å². The molecule has 0 N–H and O–H groups in total. The van der Waals surface area contributed by atoms with Gasteiger partial charge in [-0.1, -0.05) is 152 Å². The molecule has 0 radical (unpaired) electrons. The number of hydrogen-bond donors (Lipinski definition) is 0. The van der Waals surface area contributed by atoms with Crippen LogP contribution >= 0.6 is 0 Å². The van der Waals surface area contributed by atoms with E-state index in [1.165, 1.54) is 22.3 Å². The fraction of sp³-hybridized carbons (Fsp3) is 0.0625. The van der Waals surface area contributed by atoms with Gasteiger partial charge in [0, 0.05) is 32.9 Å². The first kappa shape index (κ1) is 29.1. The SMILES string of the molecule is C1=CC2[C@H]3C=C(c4cccc(-c5nc(-c6ccccc6)nc(-c6ccc(-c7ccc8oc9ccccc9c8c7)cc6)n5)c4)c4ccccc4C23C=C1. The Morgan fingerprint density at radius 1 is 0.462 bits per heavy atom. The third-order valence-electron chi connectivity index (χ3n) is 11.2. The van der Waals surface area contributed by atoms with Crippen LogP contribution in [-0.2, 0) is 5.41 Å². The summed E-state index contributed by atoms with van der Waals surface area (Å²) in [6, 6.07) is 50.8. The summed E-state index contributed by atoms with van der Waals surface area (Å²) in [6.07, 6.45) is 11.7. The molecular weight excluding hydrogens is 635 g/mol. The second kappa shape index (κ2) is 11.2. The van der Waals surface area contributed by atoms with Gasteiger partial charge in [-0.3, -0.25) is 0 Å². The molecule has 2 heterocycles. The van der Waals surface area contributed by atoms with Gasteiger partial charge in [0.2, 0.25) is 0 Å². The fourth-order valence-corrected chi connectivity index (χ4v) is 8.56. The lowest BCUT2D eigenvalue weighted by molar-refractivity contribution is 0.669. The highest BCUT2D eigenvalue weighted by atomic mass is 16.3. The highest BCUT2D eigenvalue weighted by molar-refractivity contribution is 6.06. The molecule has 0 amide bonds. The molecule has 0 aliphatic heterocycles. The highest BCUT2D eigenvalue weighted by Crippen LogP contribution is 2.67. The summed E-state index contributed by atoms with van der Waals surface area (Å²) in [4.78, 5) is 15.2. The van der Waals surface area contributed by atoms with Crippen molar-refractivity contribution in [2.24, 2.45) is 11.8 Å². The molecule has 4 heteroatoms. The zero-order valence-corrected chi connectivity index (χ0v) is 28.1. The summed E-state index contributed by atoms with van der Waals surface area (Å²) in [5, 5.41) is 2.24. The van der Waals surface area contributed by atoms with Crippen LogP contribution in [0.25, 0.3) is 72.8 Å². The molecule has 1 saturated carbocycles. The van der Waals surface area contributed by atoms with Gasteiger partial charge in [0.05, 0.1) is 0 Å². The number of rotatable bonds is 5. The van der Waals surface area contributed by atoms with Crippen molar-refractivity contribution in [3.63, 3.8) is 0 Å². The number of nitrogens with zero attached hydrogens (tertiary/aromatic N) is 3. The summed E-state index contributed by atoms with van der Waals surface area (Å²) in [5.41, 5.74) is 12.2. The summed E-state index contributed by atoms with van der Waals surface area (Å²) in [7, 11) is 0. The Bertz CT molecular complexity index is 2810. The molecular formula is C48H31N3O. The molecule has 1 spiro atoms. The van der Waals surface area contributed by atoms with Gasteiger partial charge < -0.3 is 4.42 Å². The van der Waals surface area contributed by atoms with Gasteiger partial charge in [0.15, 0.2) is 17.5 Å². The third kappa shape index (κ3) is 4.44. The summed E-state index contributed by atoms with van der Waals surface area (Å²) in [5.74, 6) is 2.92. The van der Waals surface area contributed by atoms with Gasteiger partial charge in [0.25, 0.3) is 0 Å². The minimum absolute atomic E-state index is 0.0933. The van der Waals surface area contributed by atoms with Crippen LogP contribution in [0.1, 0.15) is 16.7 Å². The van der Waals surface area contributed by atoms with E-state index in [9.17, 15) is 0 Å². The maximum atomic E-state index is 6.07. The van der Waals surface area contributed by atoms with Gasteiger partial charge in [-0.05, 0) is 69.5 Å². The Hall–Kier alpha value is -6.65. The van der Waals surface area contributed by atoms with Crippen molar-refractivity contribution in [1.82, 2.24) is 15.0 Å². The molecule has 244 valence electrons. The summed E-state index contributed by atoms with van der Waals surface area (Å²) < 4.78 is 6.07. The van der Waals surface area contributed by atoms with Crippen LogP contribution < -0.4 is 0 Å². The van der Waals surface area contributed by atoms with Gasteiger partial charge >= 0.3 is 0 Å². The number of allylic oxidation sites excluding steroid dienone is 5. The fourth-order valence-electron chi connectivity index (χ4n) is 8.56. The zero-order chi connectivity index (χ0) is 34.2. The van der Waals surface area contributed by atoms with Crippen LogP contribution in [-0.4, -0.2) is 15.0 Å². The first-order valence-electron chi connectivity index (χ1n) is 17.9. The number of benzene rings is 6. The average molecular weight is 666 g/mol. The molecule has 3 aliphatic rings. The summed E-state index contributed by atoms with van der Waals surface area (Å²) in [6.45, 7) is 0. The minimum atomic E-state index is 0.0933. The molecule has 2 unspecified atom stereocenters. The van der Waals surface area contributed by atoms with Crippen molar-refractivity contribution in [2.45, 2.75) is 5.41 Å². The van der Waals surface area contributed by atoms with E-state index in [0.29, 0.717) is 29.3 Å². The number of fused-ring (bicyclic) bond motifs is 5. The molecule has 3 aliphatic carbocycles. The molecule has 2 aromatic heterocycles. The van der Waals surface area contributed by atoms with E-state index in [1.807, 2.05) is 30.3 Å². The third-order valence-corrected chi connectivity index (χ3v) is 11.2. The number of hydrogen-bond acceptors (Lipinski definition) is 4. The molecule has 3 atom stereocenters. The topological polar surface area (TPSA) is 51.8 Å². The highest BCUT2D eigenvalue weighted by Gasteiger charge is 2.64. The lowest BCUT2D eigenvalue weighted by Crippen LogP contribution is -2.15. The van der Waals surface area contributed by atoms with E-state index in [0.717, 1.165) is 49.8 Å². The van der Waals surface area contributed by atoms with Crippen molar-refractivity contribution >= 4 is 27.5 Å². The average Bonchev–Trinajstić information content (AvgIpc) is 3.76. The Balaban J connectivity index is 0.988. The van der Waals surface area contributed by atoms with E-state index in [-0.39, 0.29) is 5.41 Å². The number of furan rings is 1. The Kier molecular flexibility index (Phi) is 6.26. The maximum Gasteiger partial charge on any atom is 0.164 e. The molecule has 52 heavy (non-hydrogen) atoms. The molecule has 1 fully saturated rings.